The zero-order chi connectivity index (χ0) is 18.3. The fourth-order valence-corrected chi connectivity index (χ4v) is 3.49. The molecule has 0 aromatic heterocycles. The molecule has 1 aliphatic heterocycles. The van der Waals surface area contributed by atoms with E-state index in [4.69, 9.17) is 0 Å². The number of benzene rings is 2. The van der Waals surface area contributed by atoms with Crippen molar-refractivity contribution in [3.8, 4) is 0 Å². The molecule has 0 spiro atoms. The van der Waals surface area contributed by atoms with Gasteiger partial charge in [0.1, 0.15) is 17.3 Å². The second-order valence-electron chi connectivity index (χ2n) is 6.74. The minimum Gasteiger partial charge on any atom is -0.351 e. The molecule has 0 radical (unpaired) electrons. The van der Waals surface area contributed by atoms with Crippen LogP contribution in [0.2, 0.25) is 0 Å². The molecular formula is C21H18F2N2O. The highest BCUT2D eigenvalue weighted by Gasteiger charge is 2.38. The molecule has 2 aromatic carbocycles. The van der Waals surface area contributed by atoms with Crippen LogP contribution < -0.4 is 10.2 Å². The second kappa shape index (κ2) is 6.41. The Hall–Kier alpha value is -2.95. The fourth-order valence-electron chi connectivity index (χ4n) is 3.49. The van der Waals surface area contributed by atoms with Crippen LogP contribution >= 0.6 is 0 Å². The first-order chi connectivity index (χ1) is 12.5. The Labute approximate surface area is 150 Å². The van der Waals surface area contributed by atoms with Gasteiger partial charge in [-0.2, -0.15) is 0 Å². The Bertz CT molecular complexity index is 949. The van der Waals surface area contributed by atoms with Crippen molar-refractivity contribution >= 4 is 17.3 Å². The van der Waals surface area contributed by atoms with Crippen molar-refractivity contribution in [2.24, 2.45) is 5.92 Å². The number of anilines is 2. The summed E-state index contributed by atoms with van der Waals surface area (Å²) in [6, 6.07) is 12.0. The van der Waals surface area contributed by atoms with Crippen molar-refractivity contribution in [1.29, 1.82) is 0 Å². The van der Waals surface area contributed by atoms with Crippen molar-refractivity contribution in [3.63, 3.8) is 0 Å². The second-order valence-corrected chi connectivity index (χ2v) is 6.74. The van der Waals surface area contributed by atoms with Crippen LogP contribution in [0, 0.1) is 17.6 Å². The third-order valence-corrected chi connectivity index (χ3v) is 4.70. The number of halogens is 2. The number of hydrogen-bond donors (Lipinski definition) is 1. The summed E-state index contributed by atoms with van der Waals surface area (Å²) in [5, 5.41) is 3.08. The van der Waals surface area contributed by atoms with Gasteiger partial charge in [0.05, 0.1) is 11.4 Å². The number of carbonyl (C=O) groups is 1. The summed E-state index contributed by atoms with van der Waals surface area (Å²) in [5.41, 5.74) is 3.11. The summed E-state index contributed by atoms with van der Waals surface area (Å²) in [6.45, 7) is 2.12. The quantitative estimate of drug-likeness (QED) is 0.844. The van der Waals surface area contributed by atoms with Crippen LogP contribution in [0.3, 0.4) is 0 Å². The molecule has 0 saturated heterocycles. The summed E-state index contributed by atoms with van der Waals surface area (Å²) < 4.78 is 27.2. The van der Waals surface area contributed by atoms with Crippen molar-refractivity contribution in [3.05, 3.63) is 83.2 Å². The normalized spacial score (nSPS) is 19.5. The van der Waals surface area contributed by atoms with Gasteiger partial charge in [0, 0.05) is 11.3 Å². The van der Waals surface area contributed by atoms with Crippen LogP contribution in [-0.4, -0.2) is 5.91 Å². The Morgan fingerprint density at radius 2 is 1.81 bits per heavy atom. The maximum atomic E-state index is 13.7. The first-order valence-corrected chi connectivity index (χ1v) is 8.59. The van der Waals surface area contributed by atoms with E-state index in [2.05, 4.69) is 12.2 Å². The number of hydrogen-bond acceptors (Lipinski definition) is 2. The van der Waals surface area contributed by atoms with Gasteiger partial charge in [0.2, 0.25) is 0 Å². The van der Waals surface area contributed by atoms with E-state index in [1.807, 2.05) is 6.08 Å². The standard InChI is InChI=1S/C21H18F2N2O/c1-13-8-9-19-18(10-13)20(24-16-6-2-4-14(22)11-16)21(26)25(19)17-7-3-5-15(23)12-17/h2-7,9,11-13,24H,8,10H2,1H3/t13-/m1/s1. The summed E-state index contributed by atoms with van der Waals surface area (Å²) in [4.78, 5) is 14.7. The lowest BCUT2D eigenvalue weighted by Crippen LogP contribution is -2.27. The molecular weight excluding hydrogens is 334 g/mol. The van der Waals surface area contributed by atoms with E-state index >= 15 is 0 Å². The first kappa shape index (κ1) is 16.5. The lowest BCUT2D eigenvalue weighted by Gasteiger charge is -2.24. The minimum absolute atomic E-state index is 0.254. The fraction of sp³-hybridized carbons (Fsp3) is 0.190. The van der Waals surface area contributed by atoms with E-state index in [1.165, 1.54) is 29.2 Å². The predicted molar refractivity (Wildman–Crippen MR) is 97.4 cm³/mol. The molecule has 0 unspecified atom stereocenters. The van der Waals surface area contributed by atoms with Gasteiger partial charge >= 0.3 is 0 Å². The molecule has 2 aromatic rings. The van der Waals surface area contributed by atoms with Crippen LogP contribution in [-0.2, 0) is 4.79 Å². The number of rotatable bonds is 3. The number of fused-ring (bicyclic) bond motifs is 1. The molecule has 1 aliphatic carbocycles. The smallest absolute Gasteiger partial charge is 0.279 e. The van der Waals surface area contributed by atoms with Crippen LogP contribution in [0.5, 0.6) is 0 Å². The molecule has 5 heteroatoms. The van der Waals surface area contributed by atoms with Gasteiger partial charge in [-0.3, -0.25) is 9.69 Å². The third-order valence-electron chi connectivity index (χ3n) is 4.70. The van der Waals surface area contributed by atoms with Crippen LogP contribution in [0.1, 0.15) is 19.8 Å². The average molecular weight is 352 g/mol. The van der Waals surface area contributed by atoms with Crippen LogP contribution in [0.4, 0.5) is 20.2 Å². The molecule has 0 fully saturated rings. The summed E-state index contributed by atoms with van der Waals surface area (Å²) in [6.07, 6.45) is 3.61. The Morgan fingerprint density at radius 3 is 2.54 bits per heavy atom. The van der Waals surface area contributed by atoms with E-state index < -0.39 is 5.82 Å². The molecule has 26 heavy (non-hydrogen) atoms. The molecule has 1 N–H and O–H groups in total. The number of nitrogens with zero attached hydrogens (tertiary/aromatic N) is 1. The largest absolute Gasteiger partial charge is 0.351 e. The van der Waals surface area contributed by atoms with E-state index in [9.17, 15) is 13.6 Å². The Kier molecular flexibility index (Phi) is 4.07. The summed E-state index contributed by atoms with van der Waals surface area (Å²) >= 11 is 0. The molecule has 1 heterocycles. The molecule has 1 amide bonds. The zero-order valence-corrected chi connectivity index (χ0v) is 14.3. The monoisotopic (exact) mass is 352 g/mol. The molecule has 132 valence electrons. The van der Waals surface area contributed by atoms with Gasteiger partial charge in [-0.25, -0.2) is 8.78 Å². The maximum Gasteiger partial charge on any atom is 0.279 e. The maximum absolute atomic E-state index is 13.7. The van der Waals surface area contributed by atoms with Gasteiger partial charge in [-0.05, 0) is 55.2 Å². The number of amides is 1. The lowest BCUT2D eigenvalue weighted by molar-refractivity contribution is -0.114. The highest BCUT2D eigenvalue weighted by molar-refractivity contribution is 6.15. The average Bonchev–Trinajstić information content (AvgIpc) is 2.87. The number of carbonyl (C=O) groups excluding carboxylic acids is 1. The molecule has 0 saturated carbocycles. The molecule has 0 bridgehead atoms. The first-order valence-electron chi connectivity index (χ1n) is 8.59. The van der Waals surface area contributed by atoms with Crippen molar-refractivity contribution in [2.75, 3.05) is 10.2 Å². The minimum atomic E-state index is -0.395. The number of allylic oxidation sites excluding steroid dienone is 2. The van der Waals surface area contributed by atoms with E-state index in [1.54, 1.807) is 24.3 Å². The molecule has 4 rings (SSSR count). The van der Waals surface area contributed by atoms with E-state index in [-0.39, 0.29) is 11.7 Å². The topological polar surface area (TPSA) is 32.3 Å². The predicted octanol–water partition coefficient (Wildman–Crippen LogP) is 4.99. The van der Waals surface area contributed by atoms with Crippen LogP contribution in [0.25, 0.3) is 0 Å². The SMILES string of the molecule is C[C@@H]1CC=C2C(=C(Nc3cccc(F)c3)C(=O)N2c2cccc(F)c2)C1. The lowest BCUT2D eigenvalue weighted by atomic mass is 9.90. The van der Waals surface area contributed by atoms with E-state index in [0.29, 0.717) is 23.0 Å². The van der Waals surface area contributed by atoms with Crippen molar-refractivity contribution < 1.29 is 13.6 Å². The summed E-state index contributed by atoms with van der Waals surface area (Å²) in [7, 11) is 0. The third kappa shape index (κ3) is 2.90. The van der Waals surface area contributed by atoms with Gasteiger partial charge in [0.15, 0.2) is 0 Å². The van der Waals surface area contributed by atoms with Crippen molar-refractivity contribution in [1.82, 2.24) is 0 Å². The molecule has 3 nitrogen and oxygen atoms in total. The molecule has 2 aliphatic rings. The number of nitrogens with one attached hydrogen (secondary N) is 1. The highest BCUT2D eigenvalue weighted by Crippen LogP contribution is 2.41. The van der Waals surface area contributed by atoms with Gasteiger partial charge < -0.3 is 5.32 Å². The van der Waals surface area contributed by atoms with E-state index in [0.717, 1.165) is 24.1 Å². The zero-order valence-electron chi connectivity index (χ0n) is 14.3. The highest BCUT2D eigenvalue weighted by atomic mass is 19.1. The molecule has 1 atom stereocenters. The Morgan fingerprint density at radius 1 is 1.08 bits per heavy atom. The van der Waals surface area contributed by atoms with Gasteiger partial charge in [-0.15, -0.1) is 0 Å². The van der Waals surface area contributed by atoms with Crippen LogP contribution in [0.15, 0.2) is 71.6 Å². The summed E-state index contributed by atoms with van der Waals surface area (Å²) in [5.74, 6) is -0.623. The van der Waals surface area contributed by atoms with Crippen molar-refractivity contribution in [2.45, 2.75) is 19.8 Å². The Balaban J connectivity index is 1.77. The van der Waals surface area contributed by atoms with Gasteiger partial charge in [-0.1, -0.05) is 25.1 Å². The van der Waals surface area contributed by atoms with Gasteiger partial charge in [0.25, 0.3) is 5.91 Å².